The minimum Gasteiger partial charge on any atom is -0.378 e. The van der Waals surface area contributed by atoms with E-state index >= 15 is 0 Å². The Bertz CT molecular complexity index is 950. The van der Waals surface area contributed by atoms with E-state index in [0.29, 0.717) is 21.1 Å². The molecule has 134 valence electrons. The number of hydrazine groups is 1. The van der Waals surface area contributed by atoms with E-state index in [0.717, 1.165) is 10.4 Å². The maximum absolute atomic E-state index is 13.0. The van der Waals surface area contributed by atoms with Crippen molar-refractivity contribution in [1.82, 2.24) is 15.2 Å². The predicted molar refractivity (Wildman–Crippen MR) is 101 cm³/mol. The van der Waals surface area contributed by atoms with Crippen LogP contribution in [0.5, 0.6) is 0 Å². The van der Waals surface area contributed by atoms with Crippen molar-refractivity contribution >= 4 is 39.7 Å². The van der Waals surface area contributed by atoms with E-state index in [9.17, 15) is 14.0 Å². The number of aryl methyl sites for hydroxylation is 1. The van der Waals surface area contributed by atoms with Crippen molar-refractivity contribution in [3.05, 3.63) is 58.3 Å². The molecule has 3 rings (SSSR count). The van der Waals surface area contributed by atoms with Gasteiger partial charge in [0.05, 0.1) is 16.1 Å². The highest BCUT2D eigenvalue weighted by Crippen LogP contribution is 2.28. The number of anilines is 1. The van der Waals surface area contributed by atoms with Crippen LogP contribution < -0.4 is 16.2 Å². The molecule has 9 heteroatoms. The minimum atomic E-state index is -0.440. The lowest BCUT2D eigenvalue weighted by atomic mass is 10.2. The molecule has 1 aromatic carbocycles. The van der Waals surface area contributed by atoms with E-state index in [4.69, 9.17) is 0 Å². The fraction of sp³-hybridized carbons (Fsp3) is 0.118. The Hall–Kier alpha value is -2.78. The van der Waals surface area contributed by atoms with Crippen molar-refractivity contribution < 1.29 is 14.0 Å². The zero-order valence-electron chi connectivity index (χ0n) is 13.9. The van der Waals surface area contributed by atoms with E-state index in [1.165, 1.54) is 35.0 Å². The Kier molecular flexibility index (Phi) is 5.29. The Balaban J connectivity index is 1.66. The number of halogens is 1. The third-order valence-corrected chi connectivity index (χ3v) is 5.65. The summed E-state index contributed by atoms with van der Waals surface area (Å²) in [6.07, 6.45) is 0. The van der Waals surface area contributed by atoms with Gasteiger partial charge < -0.3 is 5.32 Å². The normalized spacial score (nSPS) is 10.4. The molecule has 26 heavy (non-hydrogen) atoms. The molecule has 0 saturated carbocycles. The monoisotopic (exact) mass is 390 g/mol. The predicted octanol–water partition coefficient (Wildman–Crippen LogP) is 3.44. The molecule has 0 spiro atoms. The highest BCUT2D eigenvalue weighted by molar-refractivity contribution is 7.17. The minimum absolute atomic E-state index is 0.315. The molecule has 0 atom stereocenters. The standard InChI is InChI=1S/C17H15FN4O2S2/c1-9-14(17(19-2)26-22-9)16(24)21-20-15(23)13-8-7-12(25-13)10-3-5-11(18)6-4-10/h3-8,19H,1-2H3,(H,20,23)(H,21,24). The van der Waals surface area contributed by atoms with Gasteiger partial charge in [-0.05, 0) is 48.3 Å². The first-order valence-electron chi connectivity index (χ1n) is 7.60. The molecule has 0 aliphatic rings. The Labute approximate surface area is 157 Å². The second-order valence-electron chi connectivity index (χ2n) is 5.30. The highest BCUT2D eigenvalue weighted by atomic mass is 32.1. The molecule has 2 heterocycles. The zero-order valence-corrected chi connectivity index (χ0v) is 15.6. The summed E-state index contributed by atoms with van der Waals surface area (Å²) in [5.74, 6) is -1.18. The second kappa shape index (κ2) is 7.63. The lowest BCUT2D eigenvalue weighted by Gasteiger charge is -2.07. The van der Waals surface area contributed by atoms with Gasteiger partial charge in [0.1, 0.15) is 10.8 Å². The van der Waals surface area contributed by atoms with Gasteiger partial charge in [-0.2, -0.15) is 4.37 Å². The van der Waals surface area contributed by atoms with Gasteiger partial charge in [0.2, 0.25) is 0 Å². The molecule has 2 aromatic heterocycles. The number of carbonyl (C=O) groups excluding carboxylic acids is 2. The van der Waals surface area contributed by atoms with Crippen LogP contribution in [0.25, 0.3) is 10.4 Å². The van der Waals surface area contributed by atoms with Crippen LogP contribution >= 0.6 is 22.9 Å². The lowest BCUT2D eigenvalue weighted by molar-refractivity contribution is 0.0849. The first kappa shape index (κ1) is 18.0. The molecule has 0 fully saturated rings. The number of hydrogen-bond acceptors (Lipinski definition) is 6. The second-order valence-corrected chi connectivity index (χ2v) is 7.16. The third kappa shape index (κ3) is 3.73. The number of carbonyl (C=O) groups is 2. The number of benzene rings is 1. The quantitative estimate of drug-likeness (QED) is 0.596. The zero-order chi connectivity index (χ0) is 18.7. The van der Waals surface area contributed by atoms with E-state index in [1.54, 1.807) is 38.2 Å². The van der Waals surface area contributed by atoms with Crippen LogP contribution in [0.15, 0.2) is 36.4 Å². The van der Waals surface area contributed by atoms with Crippen molar-refractivity contribution in [3.63, 3.8) is 0 Å². The number of aromatic nitrogens is 1. The van der Waals surface area contributed by atoms with Crippen molar-refractivity contribution in [3.8, 4) is 10.4 Å². The summed E-state index contributed by atoms with van der Waals surface area (Å²) in [5.41, 5.74) is 6.60. The molecule has 0 saturated heterocycles. The van der Waals surface area contributed by atoms with Crippen LogP contribution in [-0.2, 0) is 0 Å². The SMILES string of the molecule is CNc1snc(C)c1C(=O)NNC(=O)c1ccc(-c2ccc(F)cc2)s1. The van der Waals surface area contributed by atoms with Gasteiger partial charge in [-0.3, -0.25) is 20.4 Å². The fourth-order valence-corrected chi connectivity index (χ4v) is 3.92. The van der Waals surface area contributed by atoms with Gasteiger partial charge in [-0.15, -0.1) is 11.3 Å². The van der Waals surface area contributed by atoms with Gasteiger partial charge in [-0.1, -0.05) is 12.1 Å². The van der Waals surface area contributed by atoms with Crippen molar-refractivity contribution in [2.24, 2.45) is 0 Å². The maximum atomic E-state index is 13.0. The van der Waals surface area contributed by atoms with Crippen LogP contribution in [-0.4, -0.2) is 23.2 Å². The molecule has 6 nitrogen and oxygen atoms in total. The van der Waals surface area contributed by atoms with Gasteiger partial charge in [0, 0.05) is 11.9 Å². The molecule has 0 unspecified atom stereocenters. The largest absolute Gasteiger partial charge is 0.378 e. The number of nitrogens with one attached hydrogen (secondary N) is 3. The molecular weight excluding hydrogens is 375 g/mol. The van der Waals surface area contributed by atoms with Crippen molar-refractivity contribution in [2.75, 3.05) is 12.4 Å². The molecule has 2 amide bonds. The van der Waals surface area contributed by atoms with E-state index < -0.39 is 11.8 Å². The van der Waals surface area contributed by atoms with E-state index in [2.05, 4.69) is 20.5 Å². The molecule has 0 aliphatic carbocycles. The van der Waals surface area contributed by atoms with Crippen LogP contribution in [0, 0.1) is 12.7 Å². The molecule has 0 bridgehead atoms. The topological polar surface area (TPSA) is 83.1 Å². The Morgan fingerprint density at radius 1 is 1.04 bits per heavy atom. The average molecular weight is 390 g/mol. The van der Waals surface area contributed by atoms with Gasteiger partial charge in [0.25, 0.3) is 11.8 Å². The van der Waals surface area contributed by atoms with Crippen molar-refractivity contribution in [1.29, 1.82) is 0 Å². The van der Waals surface area contributed by atoms with E-state index in [1.807, 2.05) is 0 Å². The number of thiophene rings is 1. The average Bonchev–Trinajstić information content (AvgIpc) is 3.27. The van der Waals surface area contributed by atoms with Gasteiger partial charge in [-0.25, -0.2) is 4.39 Å². The van der Waals surface area contributed by atoms with Crippen LogP contribution in [0.4, 0.5) is 9.39 Å². The molecule has 0 aliphatic heterocycles. The Morgan fingerprint density at radius 2 is 1.73 bits per heavy atom. The summed E-state index contributed by atoms with van der Waals surface area (Å²) >= 11 is 2.43. The van der Waals surface area contributed by atoms with E-state index in [-0.39, 0.29) is 5.82 Å². The van der Waals surface area contributed by atoms with Crippen LogP contribution in [0.1, 0.15) is 25.7 Å². The molecule has 0 radical (unpaired) electrons. The van der Waals surface area contributed by atoms with Gasteiger partial charge >= 0.3 is 0 Å². The molecular formula is C17H15FN4O2S2. The summed E-state index contributed by atoms with van der Waals surface area (Å²) in [6, 6.07) is 9.46. The summed E-state index contributed by atoms with van der Waals surface area (Å²) in [6.45, 7) is 1.72. The summed E-state index contributed by atoms with van der Waals surface area (Å²) < 4.78 is 17.1. The summed E-state index contributed by atoms with van der Waals surface area (Å²) in [4.78, 5) is 25.8. The highest BCUT2D eigenvalue weighted by Gasteiger charge is 2.19. The number of rotatable bonds is 4. The number of hydrogen-bond donors (Lipinski definition) is 3. The van der Waals surface area contributed by atoms with Gasteiger partial charge in [0.15, 0.2) is 0 Å². The Morgan fingerprint density at radius 3 is 2.42 bits per heavy atom. The number of nitrogens with zero attached hydrogens (tertiary/aromatic N) is 1. The number of amides is 2. The smallest absolute Gasteiger partial charge is 0.279 e. The molecule has 3 N–H and O–H groups in total. The van der Waals surface area contributed by atoms with Crippen LogP contribution in [0.2, 0.25) is 0 Å². The first-order chi connectivity index (χ1) is 12.5. The third-order valence-electron chi connectivity index (χ3n) is 3.56. The lowest BCUT2D eigenvalue weighted by Crippen LogP contribution is -2.41. The summed E-state index contributed by atoms with van der Waals surface area (Å²) in [5, 5.41) is 3.53. The first-order valence-corrected chi connectivity index (χ1v) is 9.19. The fourth-order valence-electron chi connectivity index (χ4n) is 2.27. The maximum Gasteiger partial charge on any atom is 0.279 e. The van der Waals surface area contributed by atoms with Crippen molar-refractivity contribution in [2.45, 2.75) is 6.92 Å². The summed E-state index contributed by atoms with van der Waals surface area (Å²) in [7, 11) is 1.70. The molecule has 3 aromatic rings. The van der Waals surface area contributed by atoms with Crippen LogP contribution in [0.3, 0.4) is 0 Å².